The lowest BCUT2D eigenvalue weighted by Crippen LogP contribution is -2.40. The molecular weight excluding hydrogens is 432 g/mol. The minimum Gasteiger partial charge on any atom is -0.461 e. The highest BCUT2D eigenvalue weighted by molar-refractivity contribution is 7.89. The number of ketones is 1. The van der Waals surface area contributed by atoms with E-state index >= 15 is 0 Å². The van der Waals surface area contributed by atoms with Crippen molar-refractivity contribution >= 4 is 21.8 Å². The molecule has 0 bridgehead atoms. The van der Waals surface area contributed by atoms with Crippen molar-refractivity contribution < 1.29 is 27.5 Å². The lowest BCUT2D eigenvalue weighted by atomic mass is 10.1. The fourth-order valence-corrected chi connectivity index (χ4v) is 5.37. The van der Waals surface area contributed by atoms with Crippen molar-refractivity contribution in [1.82, 2.24) is 9.29 Å². The number of aromatic nitrogens is 1. The van der Waals surface area contributed by atoms with E-state index in [2.05, 4.69) is 4.98 Å². The second-order valence-electron chi connectivity index (χ2n) is 8.01. The number of esters is 1. The maximum absolute atomic E-state index is 13.4. The van der Waals surface area contributed by atoms with Crippen LogP contribution >= 0.6 is 0 Å². The van der Waals surface area contributed by atoms with Crippen LogP contribution in [0.15, 0.2) is 29.2 Å². The minimum absolute atomic E-state index is 0.0925. The topological polar surface area (TPSA) is 106 Å². The molecule has 1 aromatic heterocycles. The molecule has 32 heavy (non-hydrogen) atoms. The van der Waals surface area contributed by atoms with Crippen LogP contribution in [0, 0.1) is 20.8 Å². The van der Waals surface area contributed by atoms with E-state index in [4.69, 9.17) is 9.47 Å². The Morgan fingerprint density at radius 1 is 1.19 bits per heavy atom. The summed E-state index contributed by atoms with van der Waals surface area (Å²) in [6.07, 6.45) is 1.34. The fourth-order valence-electron chi connectivity index (χ4n) is 3.94. The van der Waals surface area contributed by atoms with Gasteiger partial charge in [0.1, 0.15) is 5.69 Å². The molecule has 1 fully saturated rings. The van der Waals surface area contributed by atoms with Crippen molar-refractivity contribution in [2.45, 2.75) is 51.5 Å². The number of nitrogens with zero attached hydrogens (tertiary/aromatic N) is 1. The number of aromatic amines is 1. The van der Waals surface area contributed by atoms with Gasteiger partial charge in [-0.2, -0.15) is 4.31 Å². The molecule has 2 aromatic rings. The first kappa shape index (κ1) is 24.2. The average Bonchev–Trinajstić information content (AvgIpc) is 3.35. The molecule has 1 aliphatic heterocycles. The molecule has 1 atom stereocenters. The van der Waals surface area contributed by atoms with Gasteiger partial charge in [-0.05, 0) is 58.2 Å². The van der Waals surface area contributed by atoms with E-state index in [0.29, 0.717) is 23.4 Å². The average molecular weight is 463 g/mol. The van der Waals surface area contributed by atoms with E-state index in [1.165, 1.54) is 4.31 Å². The monoisotopic (exact) mass is 462 g/mol. The van der Waals surface area contributed by atoms with Gasteiger partial charge in [0, 0.05) is 24.4 Å². The third kappa shape index (κ3) is 5.11. The number of rotatable bonds is 9. The second kappa shape index (κ2) is 9.97. The summed E-state index contributed by atoms with van der Waals surface area (Å²) in [6, 6.07) is 6.54. The molecule has 0 radical (unpaired) electrons. The van der Waals surface area contributed by atoms with Crippen LogP contribution in [0.25, 0.3) is 0 Å². The lowest BCUT2D eigenvalue weighted by Gasteiger charge is -2.24. The van der Waals surface area contributed by atoms with Gasteiger partial charge in [0.15, 0.2) is 5.78 Å². The summed E-state index contributed by atoms with van der Waals surface area (Å²) in [7, 11) is -3.92. The number of hydrogen-bond donors (Lipinski definition) is 1. The lowest BCUT2D eigenvalue weighted by molar-refractivity contribution is 0.0519. The number of hydrogen-bond acceptors (Lipinski definition) is 6. The van der Waals surface area contributed by atoms with Crippen LogP contribution in [0.5, 0.6) is 0 Å². The van der Waals surface area contributed by atoms with Crippen LogP contribution in [0.4, 0.5) is 0 Å². The number of carbonyl (C=O) groups excluding carboxylic acids is 2. The highest BCUT2D eigenvalue weighted by Gasteiger charge is 2.32. The van der Waals surface area contributed by atoms with Crippen molar-refractivity contribution in [3.63, 3.8) is 0 Å². The normalized spacial score (nSPS) is 16.5. The summed E-state index contributed by atoms with van der Waals surface area (Å²) in [5.74, 6) is -0.934. The Bertz CT molecular complexity index is 1080. The Morgan fingerprint density at radius 3 is 2.47 bits per heavy atom. The van der Waals surface area contributed by atoms with Crippen LogP contribution < -0.4 is 0 Å². The molecule has 2 heterocycles. The molecule has 9 heteroatoms. The van der Waals surface area contributed by atoms with E-state index in [0.717, 1.165) is 18.4 Å². The van der Waals surface area contributed by atoms with Crippen LogP contribution in [0.1, 0.15) is 57.4 Å². The summed E-state index contributed by atoms with van der Waals surface area (Å²) < 4.78 is 38.7. The maximum atomic E-state index is 13.4. The standard InChI is InChI=1S/C23H30N2O6S/c1-5-30-23(27)22-16(3)21(17(4)24-22)20(26)14-25(13-18-7-6-12-31-18)32(28,29)19-10-8-15(2)9-11-19/h8-11,18,24H,5-7,12-14H2,1-4H3. The van der Waals surface area contributed by atoms with Crippen molar-refractivity contribution in [3.05, 3.63) is 52.3 Å². The van der Waals surface area contributed by atoms with Crippen molar-refractivity contribution in [3.8, 4) is 0 Å². The number of H-pyrrole nitrogens is 1. The quantitative estimate of drug-likeness (QED) is 0.453. The van der Waals surface area contributed by atoms with E-state index in [-0.39, 0.29) is 42.2 Å². The molecular formula is C23H30N2O6S. The fraction of sp³-hybridized carbons (Fsp3) is 0.478. The Labute approximate surface area is 189 Å². The van der Waals surface area contributed by atoms with Gasteiger partial charge < -0.3 is 14.5 Å². The third-order valence-electron chi connectivity index (χ3n) is 5.61. The molecule has 0 saturated carbocycles. The van der Waals surface area contributed by atoms with Crippen LogP contribution in [-0.4, -0.2) is 61.9 Å². The molecule has 1 unspecified atom stereocenters. The number of aryl methyl sites for hydroxylation is 2. The van der Waals surface area contributed by atoms with Gasteiger partial charge in [0.05, 0.1) is 24.2 Å². The smallest absolute Gasteiger partial charge is 0.355 e. The number of nitrogens with one attached hydrogen (secondary N) is 1. The van der Waals surface area contributed by atoms with Crippen molar-refractivity contribution in [2.75, 3.05) is 26.3 Å². The molecule has 0 amide bonds. The van der Waals surface area contributed by atoms with Crippen LogP contribution in [0.2, 0.25) is 0 Å². The SMILES string of the molecule is CCOC(=O)c1[nH]c(C)c(C(=O)CN(CC2CCCO2)S(=O)(=O)c2ccc(C)cc2)c1C. The first-order valence-electron chi connectivity index (χ1n) is 10.7. The van der Waals surface area contributed by atoms with Gasteiger partial charge in [0.2, 0.25) is 10.0 Å². The minimum atomic E-state index is -3.92. The number of Topliss-reactive ketones (excluding diaryl/α,β-unsaturated/α-hetero) is 1. The number of ether oxygens (including phenoxy) is 2. The molecule has 1 N–H and O–H groups in total. The first-order valence-corrected chi connectivity index (χ1v) is 12.2. The maximum Gasteiger partial charge on any atom is 0.355 e. The van der Waals surface area contributed by atoms with Gasteiger partial charge in [-0.1, -0.05) is 17.7 Å². The number of sulfonamides is 1. The highest BCUT2D eigenvalue weighted by Crippen LogP contribution is 2.24. The first-order chi connectivity index (χ1) is 15.1. The zero-order valence-electron chi connectivity index (χ0n) is 18.9. The third-order valence-corrected chi connectivity index (χ3v) is 7.43. The Morgan fingerprint density at radius 2 is 1.88 bits per heavy atom. The summed E-state index contributed by atoms with van der Waals surface area (Å²) in [4.78, 5) is 28.5. The largest absolute Gasteiger partial charge is 0.461 e. The predicted octanol–water partition coefficient (Wildman–Crippen LogP) is 3.17. The van der Waals surface area contributed by atoms with Gasteiger partial charge in [-0.25, -0.2) is 13.2 Å². The van der Waals surface area contributed by atoms with E-state index in [9.17, 15) is 18.0 Å². The van der Waals surface area contributed by atoms with E-state index in [1.807, 2.05) is 6.92 Å². The molecule has 8 nitrogen and oxygen atoms in total. The summed E-state index contributed by atoms with van der Waals surface area (Å²) >= 11 is 0. The zero-order chi connectivity index (χ0) is 23.5. The van der Waals surface area contributed by atoms with Gasteiger partial charge in [0.25, 0.3) is 0 Å². The molecule has 0 aliphatic carbocycles. The Kier molecular flexibility index (Phi) is 7.53. The zero-order valence-corrected chi connectivity index (χ0v) is 19.8. The van der Waals surface area contributed by atoms with Crippen molar-refractivity contribution in [2.24, 2.45) is 0 Å². The molecule has 174 valence electrons. The second-order valence-corrected chi connectivity index (χ2v) is 9.95. The van der Waals surface area contributed by atoms with Crippen LogP contribution in [0.3, 0.4) is 0 Å². The number of benzene rings is 1. The molecule has 0 spiro atoms. The Balaban J connectivity index is 1.92. The molecule has 3 rings (SSSR count). The summed E-state index contributed by atoms with van der Waals surface area (Å²) in [5.41, 5.74) is 2.41. The van der Waals surface area contributed by atoms with Gasteiger partial charge in [-0.15, -0.1) is 0 Å². The van der Waals surface area contributed by atoms with Gasteiger partial charge in [-0.3, -0.25) is 4.79 Å². The van der Waals surface area contributed by atoms with Crippen LogP contribution in [-0.2, 0) is 19.5 Å². The van der Waals surface area contributed by atoms with Gasteiger partial charge >= 0.3 is 5.97 Å². The molecule has 1 saturated heterocycles. The molecule has 1 aromatic carbocycles. The predicted molar refractivity (Wildman–Crippen MR) is 119 cm³/mol. The van der Waals surface area contributed by atoms with E-state index in [1.54, 1.807) is 45.0 Å². The van der Waals surface area contributed by atoms with Crippen molar-refractivity contribution in [1.29, 1.82) is 0 Å². The van der Waals surface area contributed by atoms with E-state index < -0.39 is 16.0 Å². The summed E-state index contributed by atoms with van der Waals surface area (Å²) in [5, 5.41) is 0. The highest BCUT2D eigenvalue weighted by atomic mass is 32.2. The Hall–Kier alpha value is -2.49. The summed E-state index contributed by atoms with van der Waals surface area (Å²) in [6.45, 7) is 7.45. The number of carbonyl (C=O) groups is 2. The molecule has 1 aliphatic rings.